The van der Waals surface area contributed by atoms with Crippen molar-refractivity contribution in [2.45, 2.75) is 25.7 Å². The Morgan fingerprint density at radius 2 is 1.90 bits per heavy atom. The van der Waals surface area contributed by atoms with Gasteiger partial charge in [-0.3, -0.25) is 9.78 Å². The van der Waals surface area contributed by atoms with Crippen LogP contribution in [0, 0.1) is 6.92 Å². The van der Waals surface area contributed by atoms with E-state index in [1.807, 2.05) is 58.9 Å². The predicted molar refractivity (Wildman–Crippen MR) is 113 cm³/mol. The van der Waals surface area contributed by atoms with Gasteiger partial charge in [0.05, 0.1) is 0 Å². The van der Waals surface area contributed by atoms with Crippen molar-refractivity contribution in [3.05, 3.63) is 78.3 Å². The highest BCUT2D eigenvalue weighted by atomic mass is 16.2. The minimum absolute atomic E-state index is 0.0212. The molecule has 150 valence electrons. The number of nitrogens with zero attached hydrogens (tertiary/aromatic N) is 6. The maximum Gasteiger partial charge on any atom is 0.272 e. The molecule has 1 saturated heterocycles. The molecule has 0 radical (unpaired) electrons. The number of likely N-dealkylation sites (tertiary alicyclic amines) is 1. The monoisotopic (exact) mass is 398 g/mol. The van der Waals surface area contributed by atoms with Crippen molar-refractivity contribution in [1.29, 1.82) is 0 Å². The number of carbonyl (C=O) groups excluding carboxylic acids is 1. The Morgan fingerprint density at radius 1 is 1.03 bits per heavy atom. The molecule has 1 aliphatic heterocycles. The molecule has 0 aromatic carbocycles. The molecule has 1 amide bonds. The number of amides is 1. The third kappa shape index (κ3) is 3.54. The molecule has 1 fully saturated rings. The van der Waals surface area contributed by atoms with E-state index in [0.717, 1.165) is 47.7 Å². The standard InChI is InChI=1S/C23H22N6O/c1-16-4-2-6-20(25-16)23(30)28-13-3-5-19(14-28)22-26-21-8-7-18(15-29(21)27-22)17-9-11-24-12-10-17/h2,4,6-12,15,19H,3,5,13-14H2,1H3. The summed E-state index contributed by atoms with van der Waals surface area (Å²) in [4.78, 5) is 28.0. The van der Waals surface area contributed by atoms with Crippen LogP contribution in [0.1, 0.15) is 40.8 Å². The minimum atomic E-state index is -0.0212. The van der Waals surface area contributed by atoms with Crippen molar-refractivity contribution < 1.29 is 4.79 Å². The topological polar surface area (TPSA) is 76.3 Å². The quantitative estimate of drug-likeness (QED) is 0.528. The van der Waals surface area contributed by atoms with Gasteiger partial charge in [-0.2, -0.15) is 5.10 Å². The summed E-state index contributed by atoms with van der Waals surface area (Å²) in [7, 11) is 0. The molecule has 0 N–H and O–H groups in total. The lowest BCUT2D eigenvalue weighted by atomic mass is 9.97. The van der Waals surface area contributed by atoms with E-state index >= 15 is 0 Å². The van der Waals surface area contributed by atoms with Gasteiger partial charge in [0.1, 0.15) is 5.69 Å². The van der Waals surface area contributed by atoms with Crippen molar-refractivity contribution >= 4 is 11.6 Å². The molecule has 0 saturated carbocycles. The number of piperidine rings is 1. The molecule has 0 bridgehead atoms. The summed E-state index contributed by atoms with van der Waals surface area (Å²) < 4.78 is 1.83. The number of aryl methyl sites for hydroxylation is 1. The van der Waals surface area contributed by atoms with Gasteiger partial charge in [0.25, 0.3) is 5.91 Å². The van der Waals surface area contributed by atoms with Crippen LogP contribution in [-0.4, -0.2) is 48.5 Å². The van der Waals surface area contributed by atoms with E-state index in [2.05, 4.69) is 9.97 Å². The van der Waals surface area contributed by atoms with E-state index in [0.29, 0.717) is 12.2 Å². The highest BCUT2D eigenvalue weighted by molar-refractivity contribution is 5.92. The molecule has 5 heterocycles. The smallest absolute Gasteiger partial charge is 0.272 e. The molecule has 7 heteroatoms. The van der Waals surface area contributed by atoms with E-state index in [4.69, 9.17) is 10.1 Å². The van der Waals surface area contributed by atoms with Crippen LogP contribution in [0.3, 0.4) is 0 Å². The zero-order chi connectivity index (χ0) is 20.5. The van der Waals surface area contributed by atoms with Gasteiger partial charge < -0.3 is 4.90 Å². The van der Waals surface area contributed by atoms with Crippen LogP contribution < -0.4 is 0 Å². The van der Waals surface area contributed by atoms with E-state index in [-0.39, 0.29) is 11.8 Å². The summed E-state index contributed by atoms with van der Waals surface area (Å²) in [6, 6.07) is 13.5. The summed E-state index contributed by atoms with van der Waals surface area (Å²) in [5.41, 5.74) is 4.31. The Kier molecular flexibility index (Phi) is 4.71. The summed E-state index contributed by atoms with van der Waals surface area (Å²) in [5, 5.41) is 4.74. The van der Waals surface area contributed by atoms with Crippen LogP contribution >= 0.6 is 0 Å². The normalized spacial score (nSPS) is 16.7. The number of aromatic nitrogens is 5. The van der Waals surface area contributed by atoms with E-state index in [9.17, 15) is 4.79 Å². The molecule has 1 aliphatic rings. The fraction of sp³-hybridized carbons (Fsp3) is 0.261. The molecule has 1 unspecified atom stereocenters. The second-order valence-electron chi connectivity index (χ2n) is 7.68. The van der Waals surface area contributed by atoms with E-state index in [1.54, 1.807) is 18.5 Å². The first-order valence-electron chi connectivity index (χ1n) is 10.2. The van der Waals surface area contributed by atoms with E-state index < -0.39 is 0 Å². The lowest BCUT2D eigenvalue weighted by molar-refractivity contribution is 0.0698. The van der Waals surface area contributed by atoms with Gasteiger partial charge in [-0.15, -0.1) is 0 Å². The number of fused-ring (bicyclic) bond motifs is 1. The number of pyridine rings is 3. The molecular weight excluding hydrogens is 376 g/mol. The van der Waals surface area contributed by atoms with Crippen LogP contribution in [0.5, 0.6) is 0 Å². The third-order valence-corrected chi connectivity index (χ3v) is 5.54. The van der Waals surface area contributed by atoms with Gasteiger partial charge in [-0.05, 0) is 61.7 Å². The third-order valence-electron chi connectivity index (χ3n) is 5.54. The molecule has 5 rings (SSSR count). The molecule has 0 spiro atoms. The second-order valence-corrected chi connectivity index (χ2v) is 7.68. The first kappa shape index (κ1) is 18.4. The van der Waals surface area contributed by atoms with Crippen molar-refractivity contribution in [3.8, 4) is 11.1 Å². The molecule has 4 aromatic heterocycles. The fourth-order valence-electron chi connectivity index (χ4n) is 3.98. The molecule has 7 nitrogen and oxygen atoms in total. The largest absolute Gasteiger partial charge is 0.337 e. The molecule has 30 heavy (non-hydrogen) atoms. The highest BCUT2D eigenvalue weighted by Gasteiger charge is 2.28. The zero-order valence-corrected chi connectivity index (χ0v) is 16.8. The maximum absolute atomic E-state index is 12.9. The lowest BCUT2D eigenvalue weighted by Gasteiger charge is -2.31. The summed E-state index contributed by atoms with van der Waals surface area (Å²) in [6.07, 6.45) is 7.45. The van der Waals surface area contributed by atoms with Crippen LogP contribution in [0.2, 0.25) is 0 Å². The van der Waals surface area contributed by atoms with E-state index in [1.165, 1.54) is 0 Å². The lowest BCUT2D eigenvalue weighted by Crippen LogP contribution is -2.39. The number of carbonyl (C=O) groups is 1. The zero-order valence-electron chi connectivity index (χ0n) is 16.8. The Morgan fingerprint density at radius 3 is 2.73 bits per heavy atom. The maximum atomic E-state index is 12.9. The SMILES string of the molecule is Cc1cccc(C(=O)N2CCCC(c3nc4ccc(-c5ccncc5)cn4n3)C2)n1. The van der Waals surface area contributed by atoms with Gasteiger partial charge in [0.15, 0.2) is 11.5 Å². The average molecular weight is 398 g/mol. The summed E-state index contributed by atoms with van der Waals surface area (Å²) in [5.74, 6) is 0.889. The van der Waals surface area contributed by atoms with Crippen molar-refractivity contribution in [3.63, 3.8) is 0 Å². The fourth-order valence-corrected chi connectivity index (χ4v) is 3.98. The molecular formula is C23H22N6O. The number of hydrogen-bond acceptors (Lipinski definition) is 5. The first-order chi connectivity index (χ1) is 14.7. The highest BCUT2D eigenvalue weighted by Crippen LogP contribution is 2.27. The Hall–Kier alpha value is -3.61. The Labute approximate surface area is 174 Å². The van der Waals surface area contributed by atoms with Crippen LogP contribution in [0.15, 0.2) is 61.1 Å². The second kappa shape index (κ2) is 7.67. The van der Waals surface area contributed by atoms with Crippen molar-refractivity contribution in [1.82, 2.24) is 29.5 Å². The number of hydrogen-bond donors (Lipinski definition) is 0. The van der Waals surface area contributed by atoms with Gasteiger partial charge in [-0.25, -0.2) is 14.5 Å². The van der Waals surface area contributed by atoms with Crippen LogP contribution in [-0.2, 0) is 0 Å². The molecule has 0 aliphatic carbocycles. The van der Waals surface area contributed by atoms with Gasteiger partial charge in [0, 0.05) is 48.9 Å². The Bertz CT molecular complexity index is 1200. The van der Waals surface area contributed by atoms with Gasteiger partial charge >= 0.3 is 0 Å². The number of rotatable bonds is 3. The minimum Gasteiger partial charge on any atom is -0.337 e. The average Bonchev–Trinajstić information content (AvgIpc) is 3.23. The Balaban J connectivity index is 1.39. The summed E-state index contributed by atoms with van der Waals surface area (Å²) >= 11 is 0. The van der Waals surface area contributed by atoms with Crippen molar-refractivity contribution in [2.24, 2.45) is 0 Å². The summed E-state index contributed by atoms with van der Waals surface area (Å²) in [6.45, 7) is 3.25. The van der Waals surface area contributed by atoms with Gasteiger partial charge in [0.2, 0.25) is 0 Å². The predicted octanol–water partition coefficient (Wildman–Crippen LogP) is 3.51. The first-order valence-corrected chi connectivity index (χ1v) is 10.2. The van der Waals surface area contributed by atoms with Crippen LogP contribution in [0.25, 0.3) is 16.8 Å². The van der Waals surface area contributed by atoms with Crippen LogP contribution in [0.4, 0.5) is 0 Å². The van der Waals surface area contributed by atoms with Gasteiger partial charge in [-0.1, -0.05) is 6.07 Å². The molecule has 1 atom stereocenters. The molecule has 4 aromatic rings. The van der Waals surface area contributed by atoms with Crippen molar-refractivity contribution in [2.75, 3.05) is 13.1 Å².